The summed E-state index contributed by atoms with van der Waals surface area (Å²) in [5.41, 5.74) is 4.18. The number of benzene rings is 2. The fourth-order valence-corrected chi connectivity index (χ4v) is 4.30. The molecule has 0 saturated heterocycles. The molecule has 0 saturated carbocycles. The van der Waals surface area contributed by atoms with Crippen LogP contribution < -0.4 is 10.6 Å². The van der Waals surface area contributed by atoms with Crippen LogP contribution in [-0.2, 0) is 20.9 Å². The number of rotatable bonds is 7. The smallest absolute Gasteiger partial charge is 0.407 e. The van der Waals surface area contributed by atoms with E-state index < -0.39 is 29.4 Å². The van der Waals surface area contributed by atoms with E-state index in [4.69, 9.17) is 9.84 Å². The largest absolute Gasteiger partial charge is 0.480 e. The van der Waals surface area contributed by atoms with Gasteiger partial charge in [0.05, 0.1) is 11.9 Å². The highest BCUT2D eigenvalue weighted by molar-refractivity contribution is 5.97. The number of anilines is 1. The Morgan fingerprint density at radius 1 is 1.06 bits per heavy atom. The van der Waals surface area contributed by atoms with E-state index in [1.54, 1.807) is 0 Å². The Bertz CT molecular complexity index is 1210. The van der Waals surface area contributed by atoms with Gasteiger partial charge in [0, 0.05) is 12.1 Å². The van der Waals surface area contributed by atoms with Crippen molar-refractivity contribution in [3.63, 3.8) is 0 Å². The highest BCUT2D eigenvalue weighted by atomic mass is 16.5. The number of carboxylic acid groups (broad SMARTS) is 1. The zero-order valence-corrected chi connectivity index (χ0v) is 19.8. The molecule has 0 aliphatic heterocycles. The van der Waals surface area contributed by atoms with E-state index in [0.29, 0.717) is 5.69 Å². The van der Waals surface area contributed by atoms with Crippen LogP contribution in [0.15, 0.2) is 60.9 Å². The van der Waals surface area contributed by atoms with Crippen molar-refractivity contribution in [1.82, 2.24) is 15.1 Å². The van der Waals surface area contributed by atoms with Gasteiger partial charge in [-0.05, 0) is 27.7 Å². The van der Waals surface area contributed by atoms with Crippen molar-refractivity contribution in [3.8, 4) is 11.1 Å². The molecule has 1 aliphatic rings. The zero-order chi connectivity index (χ0) is 25.2. The second kappa shape index (κ2) is 9.61. The summed E-state index contributed by atoms with van der Waals surface area (Å²) < 4.78 is 6.80. The summed E-state index contributed by atoms with van der Waals surface area (Å²) in [6.45, 7) is 5.30. The molecule has 1 aromatic heterocycles. The second-order valence-corrected chi connectivity index (χ2v) is 9.58. The van der Waals surface area contributed by atoms with Gasteiger partial charge >= 0.3 is 12.1 Å². The molecule has 1 heterocycles. The first-order valence-electron chi connectivity index (χ1n) is 11.3. The van der Waals surface area contributed by atoms with Crippen LogP contribution in [0.25, 0.3) is 11.1 Å². The van der Waals surface area contributed by atoms with Crippen LogP contribution in [0.4, 0.5) is 10.5 Å². The normalized spacial score (nSPS) is 13.5. The summed E-state index contributed by atoms with van der Waals surface area (Å²) in [6.07, 6.45) is 2.08. The molecule has 0 spiro atoms. The van der Waals surface area contributed by atoms with E-state index >= 15 is 0 Å². The number of hydrogen-bond donors (Lipinski definition) is 3. The Morgan fingerprint density at radius 3 is 2.23 bits per heavy atom. The van der Waals surface area contributed by atoms with Crippen LogP contribution in [0.3, 0.4) is 0 Å². The summed E-state index contributed by atoms with van der Waals surface area (Å²) >= 11 is 0. The molecule has 3 aromatic rings. The third-order valence-corrected chi connectivity index (χ3v) is 5.93. The molecule has 1 aliphatic carbocycles. The molecule has 0 unspecified atom stereocenters. The standard InChI is InChI=1S/C26H28N4O5/c1-26(2,3)23(24(33)28-16-12-27-30(13-16)14-22(31)32)29-25(34)35-15-21-19-10-6-4-8-17(19)18-9-5-7-11-20(18)21/h4-13,21,23H,14-15H2,1-3H3,(H,28,33)(H,29,34)(H,31,32)/t23-/m1/s1. The lowest BCUT2D eigenvalue weighted by Gasteiger charge is -2.30. The van der Waals surface area contributed by atoms with Gasteiger partial charge < -0.3 is 20.5 Å². The van der Waals surface area contributed by atoms with Gasteiger partial charge in [0.25, 0.3) is 0 Å². The lowest BCUT2D eigenvalue weighted by Crippen LogP contribution is -2.51. The number of carbonyl (C=O) groups excluding carboxylic acids is 2. The lowest BCUT2D eigenvalue weighted by atomic mass is 9.86. The van der Waals surface area contributed by atoms with Gasteiger partial charge in [0.2, 0.25) is 5.91 Å². The average molecular weight is 477 g/mol. The maximum absolute atomic E-state index is 13.0. The predicted octanol–water partition coefficient (Wildman–Crippen LogP) is 3.86. The second-order valence-electron chi connectivity index (χ2n) is 9.58. The summed E-state index contributed by atoms with van der Waals surface area (Å²) in [5, 5.41) is 18.2. The SMILES string of the molecule is CC(C)(C)[C@H](NC(=O)OCC1c2ccccc2-c2ccccc21)C(=O)Nc1cnn(CC(=O)O)c1. The minimum atomic E-state index is -1.05. The minimum Gasteiger partial charge on any atom is -0.480 e. The number of carboxylic acids is 1. The monoisotopic (exact) mass is 476 g/mol. The van der Waals surface area contributed by atoms with Crippen LogP contribution >= 0.6 is 0 Å². The van der Waals surface area contributed by atoms with Gasteiger partial charge in [-0.2, -0.15) is 5.10 Å². The van der Waals surface area contributed by atoms with Crippen LogP contribution in [0.1, 0.15) is 37.8 Å². The minimum absolute atomic E-state index is 0.0878. The van der Waals surface area contributed by atoms with Crippen LogP contribution in [0, 0.1) is 5.41 Å². The summed E-state index contributed by atoms with van der Waals surface area (Å²) in [6, 6.07) is 15.2. The third-order valence-electron chi connectivity index (χ3n) is 5.93. The quantitative estimate of drug-likeness (QED) is 0.476. The Kier molecular flexibility index (Phi) is 6.59. The van der Waals surface area contributed by atoms with E-state index in [1.807, 2.05) is 57.2 Å². The number of ether oxygens (including phenoxy) is 1. The molecular formula is C26H28N4O5. The highest BCUT2D eigenvalue weighted by Crippen LogP contribution is 2.44. The first-order valence-corrected chi connectivity index (χ1v) is 11.3. The molecule has 0 radical (unpaired) electrons. The van der Waals surface area contributed by atoms with Crippen LogP contribution in [0.5, 0.6) is 0 Å². The molecule has 9 nitrogen and oxygen atoms in total. The molecule has 1 atom stereocenters. The van der Waals surface area contributed by atoms with E-state index in [-0.39, 0.29) is 19.1 Å². The van der Waals surface area contributed by atoms with Gasteiger partial charge in [-0.1, -0.05) is 69.3 Å². The lowest BCUT2D eigenvalue weighted by molar-refractivity contribution is -0.137. The molecule has 0 bridgehead atoms. The fourth-order valence-electron chi connectivity index (χ4n) is 4.30. The van der Waals surface area contributed by atoms with E-state index in [2.05, 4.69) is 27.9 Å². The molecule has 35 heavy (non-hydrogen) atoms. The molecule has 182 valence electrons. The summed E-state index contributed by atoms with van der Waals surface area (Å²) in [5.74, 6) is -1.59. The maximum atomic E-state index is 13.0. The number of aliphatic carboxylic acids is 1. The molecule has 9 heteroatoms. The first-order chi connectivity index (χ1) is 16.6. The number of aromatic nitrogens is 2. The fraction of sp³-hybridized carbons (Fsp3) is 0.308. The van der Waals surface area contributed by atoms with Gasteiger partial charge in [0.1, 0.15) is 19.2 Å². The van der Waals surface area contributed by atoms with Gasteiger partial charge in [-0.15, -0.1) is 0 Å². The Morgan fingerprint density at radius 2 is 1.66 bits per heavy atom. The van der Waals surface area contributed by atoms with E-state index in [0.717, 1.165) is 22.3 Å². The number of fused-ring (bicyclic) bond motifs is 3. The Balaban J connectivity index is 1.42. The number of nitrogens with zero attached hydrogens (tertiary/aromatic N) is 2. The van der Waals surface area contributed by atoms with Crippen molar-refractivity contribution in [2.45, 2.75) is 39.3 Å². The topological polar surface area (TPSA) is 123 Å². The van der Waals surface area contributed by atoms with Gasteiger partial charge in [0.15, 0.2) is 0 Å². The zero-order valence-electron chi connectivity index (χ0n) is 19.8. The van der Waals surface area contributed by atoms with E-state index in [1.165, 1.54) is 17.1 Å². The third kappa shape index (κ3) is 5.34. The molecule has 0 fully saturated rings. The number of alkyl carbamates (subject to hydrolysis) is 1. The molecule has 2 amide bonds. The summed E-state index contributed by atoms with van der Waals surface area (Å²) in [4.78, 5) is 36.6. The number of carbonyl (C=O) groups is 3. The van der Waals surface area contributed by atoms with Crippen molar-refractivity contribution in [3.05, 3.63) is 72.1 Å². The van der Waals surface area contributed by atoms with Crippen molar-refractivity contribution in [2.75, 3.05) is 11.9 Å². The number of nitrogens with one attached hydrogen (secondary N) is 2. The van der Waals surface area contributed by atoms with Crippen molar-refractivity contribution >= 4 is 23.7 Å². The van der Waals surface area contributed by atoms with Gasteiger partial charge in [-0.25, -0.2) is 4.79 Å². The highest BCUT2D eigenvalue weighted by Gasteiger charge is 2.34. The van der Waals surface area contributed by atoms with Crippen molar-refractivity contribution < 1.29 is 24.2 Å². The molecular weight excluding hydrogens is 448 g/mol. The van der Waals surface area contributed by atoms with Crippen LogP contribution in [0.2, 0.25) is 0 Å². The molecule has 4 rings (SSSR count). The number of amides is 2. The van der Waals surface area contributed by atoms with Gasteiger partial charge in [-0.3, -0.25) is 14.3 Å². The summed E-state index contributed by atoms with van der Waals surface area (Å²) in [7, 11) is 0. The van der Waals surface area contributed by atoms with Crippen molar-refractivity contribution in [2.24, 2.45) is 5.41 Å². The van der Waals surface area contributed by atoms with Crippen molar-refractivity contribution in [1.29, 1.82) is 0 Å². The first kappa shape index (κ1) is 24.0. The predicted molar refractivity (Wildman–Crippen MR) is 130 cm³/mol. The number of hydrogen-bond acceptors (Lipinski definition) is 5. The average Bonchev–Trinajstić information content (AvgIpc) is 3.36. The Hall–Kier alpha value is -4.14. The van der Waals surface area contributed by atoms with Crippen LogP contribution in [-0.4, -0.2) is 45.5 Å². The Labute approximate surface area is 203 Å². The van der Waals surface area contributed by atoms with E-state index in [9.17, 15) is 14.4 Å². The molecule has 2 aromatic carbocycles. The maximum Gasteiger partial charge on any atom is 0.407 e. The molecule has 3 N–H and O–H groups in total.